The molecule has 6 nitrogen and oxygen atoms in total. The van der Waals surface area contributed by atoms with Crippen molar-refractivity contribution in [2.75, 3.05) is 33.2 Å². The molecule has 0 spiro atoms. The van der Waals surface area contributed by atoms with Crippen molar-refractivity contribution in [3.8, 4) is 11.5 Å². The van der Waals surface area contributed by atoms with Crippen LogP contribution in [-0.2, 0) is 11.2 Å². The predicted molar refractivity (Wildman–Crippen MR) is 98.6 cm³/mol. The number of nitrogens with one attached hydrogen (secondary N) is 1. The molecule has 0 fully saturated rings. The average Bonchev–Trinajstić information content (AvgIpc) is 2.65. The van der Waals surface area contributed by atoms with E-state index in [4.69, 9.17) is 14.2 Å². The largest absolute Gasteiger partial charge is 0.493 e. The van der Waals surface area contributed by atoms with Crippen LogP contribution in [0.2, 0.25) is 0 Å². The molecule has 1 aromatic carbocycles. The number of hydrogen-bond acceptors (Lipinski definition) is 6. The zero-order valence-corrected chi connectivity index (χ0v) is 15.4. The van der Waals surface area contributed by atoms with Crippen LogP contribution in [0.25, 0.3) is 0 Å². The number of ether oxygens (including phenoxy) is 3. The molecular formula is C19H27N3O3. The molecule has 1 atom stereocenters. The Morgan fingerprint density at radius 2 is 2.00 bits per heavy atom. The van der Waals surface area contributed by atoms with Crippen molar-refractivity contribution in [1.82, 2.24) is 9.97 Å². The van der Waals surface area contributed by atoms with Crippen molar-refractivity contribution < 1.29 is 14.2 Å². The molecule has 0 unspecified atom stereocenters. The molecule has 0 radical (unpaired) electrons. The summed E-state index contributed by atoms with van der Waals surface area (Å²) in [7, 11) is 5.19. The Hall–Kier alpha value is -2.34. The predicted octanol–water partition coefficient (Wildman–Crippen LogP) is 3.31. The topological polar surface area (TPSA) is 65.5 Å². The molecule has 2 aromatic rings. The highest BCUT2D eigenvalue weighted by Gasteiger charge is 2.12. The number of nitrogens with zero attached hydrogens (tertiary/aromatic N) is 2. The third kappa shape index (κ3) is 5.60. The lowest BCUT2D eigenvalue weighted by molar-refractivity contribution is 0.0507. The lowest BCUT2D eigenvalue weighted by Crippen LogP contribution is -2.20. The molecule has 1 N–H and O–H groups in total. The van der Waals surface area contributed by atoms with Gasteiger partial charge in [-0.1, -0.05) is 19.4 Å². The van der Waals surface area contributed by atoms with Crippen LogP contribution in [0.15, 0.2) is 30.5 Å². The molecule has 0 amide bonds. The Kier molecular flexibility index (Phi) is 7.47. The fourth-order valence-electron chi connectivity index (χ4n) is 2.52. The molecule has 0 aliphatic carbocycles. The van der Waals surface area contributed by atoms with Gasteiger partial charge in [0.25, 0.3) is 0 Å². The molecule has 136 valence electrons. The molecular weight excluding hydrogens is 318 g/mol. The molecule has 0 aliphatic heterocycles. The summed E-state index contributed by atoms with van der Waals surface area (Å²) in [5.74, 6) is 2.98. The Bertz CT molecular complexity index is 664. The number of aromatic nitrogens is 2. The summed E-state index contributed by atoms with van der Waals surface area (Å²) in [6.45, 7) is 2.63. The molecule has 0 aliphatic rings. The van der Waals surface area contributed by atoms with Crippen molar-refractivity contribution in [2.45, 2.75) is 32.3 Å². The second-order valence-electron chi connectivity index (χ2n) is 5.73. The lowest BCUT2D eigenvalue weighted by atomic mass is 10.1. The third-order valence-electron chi connectivity index (χ3n) is 3.92. The molecule has 6 heteroatoms. The van der Waals surface area contributed by atoms with Gasteiger partial charge in [-0.25, -0.2) is 9.97 Å². The van der Waals surface area contributed by atoms with E-state index in [-0.39, 0.29) is 6.10 Å². The molecule has 1 aromatic heterocycles. The standard InChI is InChI=1S/C19H27N3O3/c1-5-6-15(23-3)13-25-17-11-14(7-8-16(17)24-4)12-19-21-10-9-18(20-2)22-19/h7-11,15H,5-6,12-13H2,1-4H3,(H,20,21,22)/t15-/m1/s1. The van der Waals surface area contributed by atoms with Crippen LogP contribution < -0.4 is 14.8 Å². The summed E-state index contributed by atoms with van der Waals surface area (Å²) in [5.41, 5.74) is 1.06. The van der Waals surface area contributed by atoms with Crippen molar-refractivity contribution >= 4 is 5.82 Å². The highest BCUT2D eigenvalue weighted by atomic mass is 16.5. The monoisotopic (exact) mass is 345 g/mol. The van der Waals surface area contributed by atoms with Crippen LogP contribution in [0.4, 0.5) is 5.82 Å². The van der Waals surface area contributed by atoms with Gasteiger partial charge >= 0.3 is 0 Å². The van der Waals surface area contributed by atoms with Gasteiger partial charge in [0.1, 0.15) is 18.2 Å². The number of methoxy groups -OCH3 is 2. The quantitative estimate of drug-likeness (QED) is 0.713. The summed E-state index contributed by atoms with van der Waals surface area (Å²) in [6.07, 6.45) is 4.47. The molecule has 2 rings (SSSR count). The van der Waals surface area contributed by atoms with Gasteiger partial charge in [0.15, 0.2) is 11.5 Å². The maximum absolute atomic E-state index is 5.95. The first-order chi connectivity index (χ1) is 12.2. The van der Waals surface area contributed by atoms with Crippen LogP contribution in [0.5, 0.6) is 11.5 Å². The Morgan fingerprint density at radius 1 is 1.16 bits per heavy atom. The van der Waals surface area contributed by atoms with Crippen LogP contribution in [0, 0.1) is 0 Å². The Morgan fingerprint density at radius 3 is 2.68 bits per heavy atom. The zero-order chi connectivity index (χ0) is 18.1. The zero-order valence-electron chi connectivity index (χ0n) is 15.4. The van der Waals surface area contributed by atoms with Gasteiger partial charge in [-0.2, -0.15) is 0 Å². The number of hydrogen-bond donors (Lipinski definition) is 1. The summed E-state index contributed by atoms with van der Waals surface area (Å²) in [5, 5.41) is 3.02. The average molecular weight is 345 g/mol. The van der Waals surface area contributed by atoms with E-state index in [0.717, 1.165) is 30.0 Å². The van der Waals surface area contributed by atoms with E-state index < -0.39 is 0 Å². The van der Waals surface area contributed by atoms with Crippen molar-refractivity contribution in [1.29, 1.82) is 0 Å². The number of anilines is 1. The third-order valence-corrected chi connectivity index (χ3v) is 3.92. The molecule has 25 heavy (non-hydrogen) atoms. The van der Waals surface area contributed by atoms with E-state index in [1.54, 1.807) is 20.4 Å². The minimum absolute atomic E-state index is 0.0778. The maximum Gasteiger partial charge on any atom is 0.161 e. The van der Waals surface area contributed by atoms with Crippen molar-refractivity contribution in [3.63, 3.8) is 0 Å². The lowest BCUT2D eigenvalue weighted by Gasteiger charge is -2.17. The van der Waals surface area contributed by atoms with Gasteiger partial charge in [0.05, 0.1) is 13.2 Å². The number of rotatable bonds is 10. The van der Waals surface area contributed by atoms with Gasteiger partial charge in [-0.05, 0) is 30.2 Å². The van der Waals surface area contributed by atoms with E-state index in [1.807, 2.05) is 31.3 Å². The van der Waals surface area contributed by atoms with Crippen LogP contribution >= 0.6 is 0 Å². The van der Waals surface area contributed by atoms with Gasteiger partial charge in [-0.15, -0.1) is 0 Å². The first-order valence-corrected chi connectivity index (χ1v) is 8.52. The smallest absolute Gasteiger partial charge is 0.161 e. The fourth-order valence-corrected chi connectivity index (χ4v) is 2.52. The van der Waals surface area contributed by atoms with Gasteiger partial charge < -0.3 is 19.5 Å². The van der Waals surface area contributed by atoms with E-state index in [1.165, 1.54) is 0 Å². The minimum Gasteiger partial charge on any atom is -0.493 e. The molecule has 1 heterocycles. The first kappa shape index (κ1) is 19.0. The SMILES string of the molecule is CCC[C@H](COc1cc(Cc2nccc(NC)n2)ccc1OC)OC. The molecule has 0 saturated carbocycles. The van der Waals surface area contributed by atoms with Gasteiger partial charge in [0, 0.05) is 26.8 Å². The summed E-state index contributed by atoms with van der Waals surface area (Å²) in [6, 6.07) is 7.73. The highest BCUT2D eigenvalue weighted by molar-refractivity contribution is 5.44. The van der Waals surface area contributed by atoms with E-state index in [2.05, 4.69) is 22.2 Å². The molecule has 0 saturated heterocycles. The van der Waals surface area contributed by atoms with Crippen LogP contribution in [0.3, 0.4) is 0 Å². The Labute approximate surface area is 149 Å². The van der Waals surface area contributed by atoms with Gasteiger partial charge in [-0.3, -0.25) is 0 Å². The normalized spacial score (nSPS) is 11.8. The summed E-state index contributed by atoms with van der Waals surface area (Å²) < 4.78 is 16.8. The molecule has 0 bridgehead atoms. The summed E-state index contributed by atoms with van der Waals surface area (Å²) >= 11 is 0. The van der Waals surface area contributed by atoms with Crippen LogP contribution in [-0.4, -0.2) is 43.9 Å². The Balaban J connectivity index is 2.12. The number of benzene rings is 1. The highest BCUT2D eigenvalue weighted by Crippen LogP contribution is 2.29. The maximum atomic E-state index is 5.95. The first-order valence-electron chi connectivity index (χ1n) is 8.52. The van der Waals surface area contributed by atoms with E-state index >= 15 is 0 Å². The van der Waals surface area contributed by atoms with Crippen molar-refractivity contribution in [2.24, 2.45) is 0 Å². The van der Waals surface area contributed by atoms with Crippen LogP contribution in [0.1, 0.15) is 31.2 Å². The second kappa shape index (κ2) is 9.84. The fraction of sp³-hybridized carbons (Fsp3) is 0.474. The van der Waals surface area contributed by atoms with E-state index in [0.29, 0.717) is 24.5 Å². The van der Waals surface area contributed by atoms with Crippen molar-refractivity contribution in [3.05, 3.63) is 41.9 Å². The minimum atomic E-state index is 0.0778. The second-order valence-corrected chi connectivity index (χ2v) is 5.73. The van der Waals surface area contributed by atoms with Gasteiger partial charge in [0.2, 0.25) is 0 Å². The summed E-state index contributed by atoms with van der Waals surface area (Å²) in [4.78, 5) is 8.78. The van der Waals surface area contributed by atoms with E-state index in [9.17, 15) is 0 Å².